The average Bonchev–Trinajstić information content (AvgIpc) is 3.68. The highest BCUT2D eigenvalue weighted by Gasteiger charge is 2.36. The molecular weight excluding hydrogens is 493 g/mol. The van der Waals surface area contributed by atoms with Gasteiger partial charge in [0.25, 0.3) is 5.91 Å². The van der Waals surface area contributed by atoms with E-state index in [1.54, 1.807) is 41.3 Å². The fraction of sp³-hybridized carbons (Fsp3) is 0.500. The van der Waals surface area contributed by atoms with Crippen molar-refractivity contribution in [3.05, 3.63) is 59.4 Å². The summed E-state index contributed by atoms with van der Waals surface area (Å²) in [5.41, 5.74) is 1.50. The van der Waals surface area contributed by atoms with Gasteiger partial charge in [0.05, 0.1) is 10.5 Å². The molecular formula is C28H36FN3O4S. The summed E-state index contributed by atoms with van der Waals surface area (Å²) in [4.78, 5) is 28.4. The maximum Gasteiger partial charge on any atom is 0.254 e. The summed E-state index contributed by atoms with van der Waals surface area (Å²) in [5.74, 6) is -1.08. The molecule has 2 fully saturated rings. The van der Waals surface area contributed by atoms with Gasteiger partial charge in [-0.3, -0.25) is 9.59 Å². The molecule has 1 atom stereocenters. The fourth-order valence-electron chi connectivity index (χ4n) is 4.80. The van der Waals surface area contributed by atoms with E-state index in [0.29, 0.717) is 31.8 Å². The molecule has 0 spiro atoms. The molecule has 1 unspecified atom stereocenters. The number of rotatable bonds is 8. The molecule has 1 aliphatic heterocycles. The van der Waals surface area contributed by atoms with E-state index >= 15 is 0 Å². The Morgan fingerprint density at radius 3 is 2.22 bits per heavy atom. The van der Waals surface area contributed by atoms with E-state index in [-0.39, 0.29) is 27.8 Å². The zero-order chi connectivity index (χ0) is 27.0. The van der Waals surface area contributed by atoms with Crippen molar-refractivity contribution >= 4 is 27.3 Å². The summed E-state index contributed by atoms with van der Waals surface area (Å²) in [6.45, 7) is 6.84. The molecule has 2 aromatic rings. The number of piperidine rings is 1. The maximum absolute atomic E-state index is 14.5. The standard InChI is InChI=1S/C28H36FN3O4S/c1-18(2)25(30-26(33)23-17-20(19-5-6-19)7-12-24(23)29)27(34)32-15-13-28(3,14-16-32)31-21-8-10-22(11-9-21)37(4,35)36/h7-12,17-19,25,31H,5-6,13-16H2,1-4H3,(H,30,33). The van der Waals surface area contributed by atoms with Gasteiger partial charge in [0.1, 0.15) is 11.9 Å². The number of hydrogen-bond donors (Lipinski definition) is 2. The van der Waals surface area contributed by atoms with E-state index in [1.165, 1.54) is 12.3 Å². The number of nitrogens with one attached hydrogen (secondary N) is 2. The minimum absolute atomic E-state index is 0.0137. The normalized spacial score (nSPS) is 18.4. The highest BCUT2D eigenvalue weighted by molar-refractivity contribution is 7.90. The van der Waals surface area contributed by atoms with Gasteiger partial charge < -0.3 is 15.5 Å². The van der Waals surface area contributed by atoms with Crippen molar-refractivity contribution < 1.29 is 22.4 Å². The van der Waals surface area contributed by atoms with E-state index in [1.807, 2.05) is 13.8 Å². The van der Waals surface area contributed by atoms with Crippen LogP contribution >= 0.6 is 0 Å². The Morgan fingerprint density at radius 2 is 1.68 bits per heavy atom. The predicted molar refractivity (Wildman–Crippen MR) is 142 cm³/mol. The number of halogens is 1. The average molecular weight is 530 g/mol. The van der Waals surface area contributed by atoms with Crippen molar-refractivity contribution in [2.45, 2.75) is 68.8 Å². The van der Waals surface area contributed by atoms with E-state index in [9.17, 15) is 22.4 Å². The summed E-state index contributed by atoms with van der Waals surface area (Å²) >= 11 is 0. The third-order valence-electron chi connectivity index (χ3n) is 7.41. The van der Waals surface area contributed by atoms with Crippen molar-refractivity contribution in [1.29, 1.82) is 0 Å². The van der Waals surface area contributed by atoms with Crippen molar-refractivity contribution in [2.24, 2.45) is 5.92 Å². The molecule has 2 amide bonds. The second-order valence-electron chi connectivity index (χ2n) is 11.0. The summed E-state index contributed by atoms with van der Waals surface area (Å²) in [5, 5.41) is 6.28. The van der Waals surface area contributed by atoms with Gasteiger partial charge in [0.15, 0.2) is 9.84 Å². The lowest BCUT2D eigenvalue weighted by molar-refractivity contribution is -0.135. The second-order valence-corrected chi connectivity index (χ2v) is 13.0. The van der Waals surface area contributed by atoms with Gasteiger partial charge in [-0.25, -0.2) is 12.8 Å². The van der Waals surface area contributed by atoms with Crippen LogP contribution in [0.5, 0.6) is 0 Å². The SMILES string of the molecule is CC(C)C(NC(=O)c1cc(C2CC2)ccc1F)C(=O)N1CCC(C)(Nc2ccc(S(C)(=O)=O)cc2)CC1. The molecule has 0 aromatic heterocycles. The van der Waals surface area contributed by atoms with Crippen LogP contribution in [0.4, 0.5) is 10.1 Å². The molecule has 200 valence electrons. The number of nitrogens with zero attached hydrogens (tertiary/aromatic N) is 1. The lowest BCUT2D eigenvalue weighted by atomic mass is 9.88. The van der Waals surface area contributed by atoms with Crippen LogP contribution in [-0.4, -0.2) is 56.1 Å². The number of hydrogen-bond acceptors (Lipinski definition) is 5. The smallest absolute Gasteiger partial charge is 0.254 e. The first kappa shape index (κ1) is 27.1. The molecule has 1 saturated carbocycles. The van der Waals surface area contributed by atoms with Crippen molar-refractivity contribution in [3.8, 4) is 0 Å². The topological polar surface area (TPSA) is 95.6 Å². The first-order valence-corrected chi connectivity index (χ1v) is 14.7. The Hall–Kier alpha value is -2.94. The minimum Gasteiger partial charge on any atom is -0.380 e. The molecule has 0 radical (unpaired) electrons. The van der Waals surface area contributed by atoms with Crippen LogP contribution in [0.2, 0.25) is 0 Å². The predicted octanol–water partition coefficient (Wildman–Crippen LogP) is 4.35. The third-order valence-corrected chi connectivity index (χ3v) is 8.54. The van der Waals surface area contributed by atoms with Crippen LogP contribution in [0.25, 0.3) is 0 Å². The van der Waals surface area contributed by atoms with Crippen LogP contribution in [-0.2, 0) is 14.6 Å². The number of benzene rings is 2. The van der Waals surface area contributed by atoms with Gasteiger partial charge in [-0.2, -0.15) is 0 Å². The Balaban J connectivity index is 1.38. The largest absolute Gasteiger partial charge is 0.380 e. The van der Waals surface area contributed by atoms with Crippen LogP contribution < -0.4 is 10.6 Å². The molecule has 1 saturated heterocycles. The molecule has 7 nitrogen and oxygen atoms in total. The monoisotopic (exact) mass is 529 g/mol. The van der Waals surface area contributed by atoms with E-state index in [4.69, 9.17) is 0 Å². The molecule has 2 aliphatic rings. The number of anilines is 1. The van der Waals surface area contributed by atoms with Gasteiger partial charge in [-0.1, -0.05) is 19.9 Å². The van der Waals surface area contributed by atoms with Gasteiger partial charge >= 0.3 is 0 Å². The van der Waals surface area contributed by atoms with E-state index < -0.39 is 27.6 Å². The number of likely N-dealkylation sites (tertiary alicyclic amines) is 1. The van der Waals surface area contributed by atoms with Gasteiger partial charge in [-0.15, -0.1) is 0 Å². The van der Waals surface area contributed by atoms with Gasteiger partial charge in [0.2, 0.25) is 5.91 Å². The van der Waals surface area contributed by atoms with Crippen LogP contribution in [0.1, 0.15) is 68.3 Å². The number of amides is 2. The number of sulfone groups is 1. The molecule has 2 aromatic carbocycles. The van der Waals surface area contributed by atoms with Crippen LogP contribution in [0, 0.1) is 11.7 Å². The lowest BCUT2D eigenvalue weighted by Gasteiger charge is -2.42. The third kappa shape index (κ3) is 6.50. The molecule has 4 rings (SSSR count). The first-order valence-electron chi connectivity index (χ1n) is 12.8. The summed E-state index contributed by atoms with van der Waals surface area (Å²) in [6.07, 6.45) is 4.65. The number of carbonyl (C=O) groups excluding carboxylic acids is 2. The lowest BCUT2D eigenvalue weighted by Crippen LogP contribution is -2.56. The molecule has 37 heavy (non-hydrogen) atoms. The zero-order valence-electron chi connectivity index (χ0n) is 21.9. The van der Waals surface area contributed by atoms with Crippen LogP contribution in [0.15, 0.2) is 47.4 Å². The fourth-order valence-corrected chi connectivity index (χ4v) is 5.43. The Labute approximate surface area is 218 Å². The first-order chi connectivity index (χ1) is 17.4. The van der Waals surface area contributed by atoms with Crippen molar-refractivity contribution in [1.82, 2.24) is 10.2 Å². The zero-order valence-corrected chi connectivity index (χ0v) is 22.7. The Bertz CT molecular complexity index is 1260. The van der Waals surface area contributed by atoms with E-state index in [2.05, 4.69) is 17.6 Å². The highest BCUT2D eigenvalue weighted by Crippen LogP contribution is 2.40. The minimum atomic E-state index is -3.25. The van der Waals surface area contributed by atoms with Crippen molar-refractivity contribution in [2.75, 3.05) is 24.7 Å². The summed E-state index contributed by atoms with van der Waals surface area (Å²) in [7, 11) is -3.25. The quantitative estimate of drug-likeness (QED) is 0.530. The maximum atomic E-state index is 14.5. The van der Waals surface area contributed by atoms with Gasteiger partial charge in [0, 0.05) is 30.6 Å². The van der Waals surface area contributed by atoms with E-state index in [0.717, 1.165) is 24.1 Å². The van der Waals surface area contributed by atoms with Crippen molar-refractivity contribution in [3.63, 3.8) is 0 Å². The Kier molecular flexibility index (Phi) is 7.65. The molecule has 0 bridgehead atoms. The van der Waals surface area contributed by atoms with Crippen LogP contribution in [0.3, 0.4) is 0 Å². The molecule has 2 N–H and O–H groups in total. The highest BCUT2D eigenvalue weighted by atomic mass is 32.2. The molecule has 9 heteroatoms. The summed E-state index contributed by atoms with van der Waals surface area (Å²) < 4.78 is 37.9. The molecule has 1 heterocycles. The molecule has 1 aliphatic carbocycles. The summed E-state index contributed by atoms with van der Waals surface area (Å²) in [6, 6.07) is 10.6. The number of carbonyl (C=O) groups is 2. The second kappa shape index (κ2) is 10.4. The van der Waals surface area contributed by atoms with Gasteiger partial charge in [-0.05, 0) is 86.4 Å². The Morgan fingerprint density at radius 1 is 1.05 bits per heavy atom.